The highest BCUT2D eigenvalue weighted by molar-refractivity contribution is 7.99. The van der Waals surface area contributed by atoms with Crippen LogP contribution in [0, 0.1) is 0 Å². The molecule has 0 saturated carbocycles. The van der Waals surface area contributed by atoms with E-state index in [0.717, 1.165) is 37.3 Å². The van der Waals surface area contributed by atoms with Gasteiger partial charge in [0.15, 0.2) is 0 Å². The number of thioether (sulfide) groups is 1. The van der Waals surface area contributed by atoms with Crippen LogP contribution >= 0.6 is 11.8 Å². The molecule has 1 heterocycles. The molecule has 1 fully saturated rings. The number of hydrogen-bond donors (Lipinski definition) is 0. The molecule has 17 heavy (non-hydrogen) atoms. The molecular formula is C13H22FNOS. The van der Waals surface area contributed by atoms with Crippen LogP contribution in [-0.4, -0.2) is 41.6 Å². The molecular weight excluding hydrogens is 237 g/mol. The summed E-state index contributed by atoms with van der Waals surface area (Å²) in [6, 6.07) is 0.249. The zero-order valence-corrected chi connectivity index (χ0v) is 11.2. The Morgan fingerprint density at radius 1 is 1.47 bits per heavy atom. The molecule has 2 nitrogen and oxygen atoms in total. The minimum Gasteiger partial charge on any atom is -0.336 e. The van der Waals surface area contributed by atoms with Gasteiger partial charge in [0.05, 0.1) is 6.67 Å². The Balaban J connectivity index is 2.10. The summed E-state index contributed by atoms with van der Waals surface area (Å²) < 4.78 is 11.8. The van der Waals surface area contributed by atoms with E-state index in [0.29, 0.717) is 12.8 Å². The number of alkyl halides is 1. The van der Waals surface area contributed by atoms with Gasteiger partial charge in [0.1, 0.15) is 0 Å². The van der Waals surface area contributed by atoms with Crippen LogP contribution in [0.3, 0.4) is 0 Å². The Labute approximate surface area is 108 Å². The summed E-state index contributed by atoms with van der Waals surface area (Å²) in [5.74, 6) is 2.05. The Bertz CT molecular complexity index is 248. The van der Waals surface area contributed by atoms with Crippen LogP contribution in [0.1, 0.15) is 32.1 Å². The van der Waals surface area contributed by atoms with Gasteiger partial charge in [-0.05, 0) is 31.4 Å². The predicted molar refractivity (Wildman–Crippen MR) is 72.1 cm³/mol. The highest BCUT2D eigenvalue weighted by Gasteiger charge is 2.25. The Morgan fingerprint density at radius 3 is 3.00 bits per heavy atom. The second kappa shape index (κ2) is 8.56. The highest BCUT2D eigenvalue weighted by atomic mass is 32.2. The lowest BCUT2D eigenvalue weighted by atomic mass is 10.2. The summed E-state index contributed by atoms with van der Waals surface area (Å²) in [7, 11) is 0. The van der Waals surface area contributed by atoms with E-state index in [4.69, 9.17) is 0 Å². The van der Waals surface area contributed by atoms with E-state index in [2.05, 4.69) is 6.58 Å². The first-order chi connectivity index (χ1) is 8.29. The van der Waals surface area contributed by atoms with Crippen molar-refractivity contribution in [3.63, 3.8) is 0 Å². The van der Waals surface area contributed by atoms with Crippen LogP contribution in [0.5, 0.6) is 0 Å². The van der Waals surface area contributed by atoms with E-state index in [1.165, 1.54) is 0 Å². The van der Waals surface area contributed by atoms with Gasteiger partial charge in [0, 0.05) is 24.8 Å². The molecule has 1 atom stereocenters. The highest BCUT2D eigenvalue weighted by Crippen LogP contribution is 2.19. The van der Waals surface area contributed by atoms with Crippen LogP contribution in [0.25, 0.3) is 0 Å². The molecule has 1 aliphatic rings. The third-order valence-electron chi connectivity index (χ3n) is 3.02. The molecule has 1 aliphatic heterocycles. The summed E-state index contributed by atoms with van der Waals surface area (Å²) in [5.41, 5.74) is 0. The monoisotopic (exact) mass is 259 g/mol. The maximum Gasteiger partial charge on any atom is 0.223 e. The first-order valence-electron chi connectivity index (χ1n) is 6.35. The third-order valence-corrected chi connectivity index (χ3v) is 4.09. The van der Waals surface area contributed by atoms with Crippen LogP contribution in [-0.2, 0) is 4.79 Å². The number of nitrogens with zero attached hydrogens (tertiary/aromatic N) is 1. The quantitative estimate of drug-likeness (QED) is 0.493. The number of rotatable bonds is 8. The molecule has 1 amide bonds. The molecule has 0 bridgehead atoms. The lowest BCUT2D eigenvalue weighted by Gasteiger charge is -2.21. The minimum atomic E-state index is -0.228. The van der Waals surface area contributed by atoms with Crippen molar-refractivity contribution < 1.29 is 9.18 Å². The number of likely N-dealkylation sites (tertiary alicyclic amines) is 1. The molecule has 0 aromatic rings. The molecule has 0 aromatic carbocycles. The summed E-state index contributed by atoms with van der Waals surface area (Å²) in [6.45, 7) is 4.42. The van der Waals surface area contributed by atoms with Crippen molar-refractivity contribution in [3.05, 3.63) is 12.7 Å². The number of hydrogen-bond acceptors (Lipinski definition) is 2. The number of carbonyl (C=O) groups excluding carboxylic acids is 1. The van der Waals surface area contributed by atoms with E-state index in [1.807, 2.05) is 11.0 Å². The fourth-order valence-electron chi connectivity index (χ4n) is 2.05. The van der Waals surface area contributed by atoms with Gasteiger partial charge < -0.3 is 4.90 Å². The summed E-state index contributed by atoms with van der Waals surface area (Å²) in [6.07, 6.45) is 6.18. The molecule has 98 valence electrons. The number of carbonyl (C=O) groups is 1. The van der Waals surface area contributed by atoms with Gasteiger partial charge in [0.25, 0.3) is 0 Å². The van der Waals surface area contributed by atoms with E-state index < -0.39 is 0 Å². The lowest BCUT2D eigenvalue weighted by Crippen LogP contribution is -2.34. The summed E-state index contributed by atoms with van der Waals surface area (Å²) in [4.78, 5) is 13.8. The van der Waals surface area contributed by atoms with Crippen LogP contribution in [0.15, 0.2) is 12.7 Å². The number of halogens is 1. The molecule has 0 aliphatic carbocycles. The van der Waals surface area contributed by atoms with Gasteiger partial charge >= 0.3 is 0 Å². The average molecular weight is 259 g/mol. The molecule has 1 rings (SSSR count). The van der Waals surface area contributed by atoms with Crippen molar-refractivity contribution in [1.29, 1.82) is 0 Å². The topological polar surface area (TPSA) is 20.3 Å². The maximum atomic E-state index is 11.9. The number of unbranched alkanes of at least 4 members (excludes halogenated alkanes) is 1. The SMILES string of the molecule is C=C[C@@H]1CCCN1C(=O)CCSCCCCF. The van der Waals surface area contributed by atoms with Gasteiger partial charge in [0.2, 0.25) is 5.91 Å². The van der Waals surface area contributed by atoms with Crippen LogP contribution in [0.2, 0.25) is 0 Å². The molecule has 0 N–H and O–H groups in total. The smallest absolute Gasteiger partial charge is 0.223 e. The van der Waals surface area contributed by atoms with Crippen molar-refractivity contribution in [2.45, 2.75) is 38.1 Å². The van der Waals surface area contributed by atoms with Gasteiger partial charge in [-0.25, -0.2) is 0 Å². The zero-order chi connectivity index (χ0) is 12.5. The van der Waals surface area contributed by atoms with Gasteiger partial charge in [-0.3, -0.25) is 9.18 Å². The second-order valence-electron chi connectivity index (χ2n) is 4.29. The molecule has 1 saturated heterocycles. The van der Waals surface area contributed by atoms with E-state index in [9.17, 15) is 9.18 Å². The van der Waals surface area contributed by atoms with Crippen molar-refractivity contribution in [3.8, 4) is 0 Å². The van der Waals surface area contributed by atoms with Crippen LogP contribution < -0.4 is 0 Å². The van der Waals surface area contributed by atoms with E-state index in [1.54, 1.807) is 11.8 Å². The Kier molecular flexibility index (Phi) is 7.33. The van der Waals surface area contributed by atoms with E-state index in [-0.39, 0.29) is 18.6 Å². The van der Waals surface area contributed by atoms with Crippen molar-refractivity contribution in [2.24, 2.45) is 0 Å². The second-order valence-corrected chi connectivity index (χ2v) is 5.52. The first-order valence-corrected chi connectivity index (χ1v) is 7.50. The van der Waals surface area contributed by atoms with Gasteiger partial charge in [-0.1, -0.05) is 6.08 Å². The molecule has 0 unspecified atom stereocenters. The average Bonchev–Trinajstić information content (AvgIpc) is 2.81. The molecule has 0 radical (unpaired) electrons. The van der Waals surface area contributed by atoms with Crippen molar-refractivity contribution in [2.75, 3.05) is 24.7 Å². The van der Waals surface area contributed by atoms with Gasteiger partial charge in [-0.2, -0.15) is 11.8 Å². The standard InChI is InChI=1S/C13H22FNOS/c1-2-12-6-5-9-15(12)13(16)7-11-17-10-4-3-8-14/h2,12H,1,3-11H2/t12-/m1/s1. The van der Waals surface area contributed by atoms with Crippen molar-refractivity contribution >= 4 is 17.7 Å². The normalized spacial score (nSPS) is 19.6. The minimum absolute atomic E-state index is 0.228. The van der Waals surface area contributed by atoms with Crippen LogP contribution in [0.4, 0.5) is 4.39 Å². The Hall–Kier alpha value is -0.510. The maximum absolute atomic E-state index is 11.9. The molecule has 0 spiro atoms. The molecule has 0 aromatic heterocycles. The van der Waals surface area contributed by atoms with E-state index >= 15 is 0 Å². The fraction of sp³-hybridized carbons (Fsp3) is 0.769. The van der Waals surface area contributed by atoms with Crippen molar-refractivity contribution in [1.82, 2.24) is 4.90 Å². The fourth-order valence-corrected chi connectivity index (χ4v) is 2.98. The Morgan fingerprint density at radius 2 is 2.29 bits per heavy atom. The first kappa shape index (κ1) is 14.6. The summed E-state index contributed by atoms with van der Waals surface area (Å²) in [5, 5.41) is 0. The largest absolute Gasteiger partial charge is 0.336 e. The predicted octanol–water partition coefficient (Wildman–Crippen LogP) is 3.04. The third kappa shape index (κ3) is 5.11. The number of amides is 1. The van der Waals surface area contributed by atoms with Gasteiger partial charge in [-0.15, -0.1) is 6.58 Å². The summed E-state index contributed by atoms with van der Waals surface area (Å²) >= 11 is 1.75. The molecule has 4 heteroatoms. The lowest BCUT2D eigenvalue weighted by molar-refractivity contribution is -0.130. The zero-order valence-electron chi connectivity index (χ0n) is 10.4.